The fourth-order valence-corrected chi connectivity index (χ4v) is 2.33. The van der Waals surface area contributed by atoms with Crippen LogP contribution in [0.25, 0.3) is 0 Å². The van der Waals surface area contributed by atoms with Crippen LogP contribution in [0.4, 0.5) is 5.69 Å². The molecule has 0 fully saturated rings. The zero-order valence-corrected chi connectivity index (χ0v) is 12.2. The summed E-state index contributed by atoms with van der Waals surface area (Å²) in [4.78, 5) is 10.4. The topological polar surface area (TPSA) is 76.2 Å². The van der Waals surface area contributed by atoms with Gasteiger partial charge in [-0.1, -0.05) is 22.9 Å². The van der Waals surface area contributed by atoms with Crippen LogP contribution in [-0.2, 0) is 0 Å². The third-order valence-electron chi connectivity index (χ3n) is 2.75. The van der Waals surface area contributed by atoms with E-state index in [-0.39, 0.29) is 17.0 Å². The van der Waals surface area contributed by atoms with Gasteiger partial charge in [-0.3, -0.25) is 10.1 Å². The van der Waals surface area contributed by atoms with Gasteiger partial charge in [0, 0.05) is 11.4 Å². The van der Waals surface area contributed by atoms with E-state index in [1.807, 2.05) is 6.07 Å². The minimum absolute atomic E-state index is 0.160. The molecule has 1 unspecified atom stereocenters. The van der Waals surface area contributed by atoms with Crippen molar-refractivity contribution in [3.8, 4) is 11.8 Å². The molecule has 0 saturated carbocycles. The monoisotopic (exact) mass is 326 g/mol. The van der Waals surface area contributed by atoms with E-state index >= 15 is 0 Å². The molecule has 0 amide bonds. The summed E-state index contributed by atoms with van der Waals surface area (Å²) in [5.41, 5.74) is 0.0962. The van der Waals surface area contributed by atoms with E-state index in [9.17, 15) is 10.1 Å². The molecular formula is C13H15BrN2O3. The van der Waals surface area contributed by atoms with Crippen LogP contribution in [0, 0.1) is 27.4 Å². The molecule has 0 N–H and O–H groups in total. The molecule has 0 radical (unpaired) electrons. The molecule has 5 nitrogen and oxygen atoms in total. The molecule has 0 heterocycles. The van der Waals surface area contributed by atoms with E-state index in [0.717, 1.165) is 18.2 Å². The quantitative estimate of drug-likeness (QED) is 0.435. The van der Waals surface area contributed by atoms with Crippen molar-refractivity contribution in [3.63, 3.8) is 0 Å². The van der Waals surface area contributed by atoms with Crippen molar-refractivity contribution in [2.75, 3.05) is 11.9 Å². The first kappa shape index (κ1) is 15.4. The molecule has 0 spiro atoms. The summed E-state index contributed by atoms with van der Waals surface area (Å²) >= 11 is 3.37. The number of nitro groups is 1. The first-order valence-electron chi connectivity index (χ1n) is 5.95. The Morgan fingerprint density at radius 2 is 2.26 bits per heavy atom. The van der Waals surface area contributed by atoms with Crippen molar-refractivity contribution in [3.05, 3.63) is 33.9 Å². The van der Waals surface area contributed by atoms with Crippen LogP contribution in [0.1, 0.15) is 25.3 Å². The predicted molar refractivity (Wildman–Crippen MR) is 75.5 cm³/mol. The molecule has 1 rings (SSSR count). The van der Waals surface area contributed by atoms with E-state index in [2.05, 4.69) is 22.9 Å². The highest BCUT2D eigenvalue weighted by molar-refractivity contribution is 9.09. The SMILES string of the molecule is CC(CCBr)CCOc1ccc(C#N)cc1[N+](=O)[O-]. The van der Waals surface area contributed by atoms with Crippen LogP contribution < -0.4 is 4.74 Å². The van der Waals surface area contributed by atoms with Crippen molar-refractivity contribution >= 4 is 21.6 Å². The van der Waals surface area contributed by atoms with Gasteiger partial charge in [0.15, 0.2) is 5.75 Å². The van der Waals surface area contributed by atoms with Crippen molar-refractivity contribution < 1.29 is 9.66 Å². The van der Waals surface area contributed by atoms with Crippen LogP contribution in [0.15, 0.2) is 18.2 Å². The molecule has 102 valence electrons. The molecule has 19 heavy (non-hydrogen) atoms. The molecule has 6 heteroatoms. The fourth-order valence-electron chi connectivity index (χ4n) is 1.55. The van der Waals surface area contributed by atoms with Gasteiger partial charge in [-0.15, -0.1) is 0 Å². The van der Waals surface area contributed by atoms with E-state index in [4.69, 9.17) is 10.00 Å². The summed E-state index contributed by atoms with van der Waals surface area (Å²) < 4.78 is 5.45. The highest BCUT2D eigenvalue weighted by atomic mass is 79.9. The molecule has 1 atom stereocenters. The lowest BCUT2D eigenvalue weighted by atomic mass is 10.1. The van der Waals surface area contributed by atoms with Crippen LogP contribution in [0.3, 0.4) is 0 Å². The lowest BCUT2D eigenvalue weighted by molar-refractivity contribution is -0.385. The number of alkyl halides is 1. The highest BCUT2D eigenvalue weighted by Crippen LogP contribution is 2.28. The average Bonchev–Trinajstić information content (AvgIpc) is 2.39. The van der Waals surface area contributed by atoms with Gasteiger partial charge in [0.1, 0.15) is 0 Å². The number of ether oxygens (including phenoxy) is 1. The number of benzene rings is 1. The Kier molecular flexibility index (Phi) is 6.30. The summed E-state index contributed by atoms with van der Waals surface area (Å²) in [6, 6.07) is 6.10. The molecule has 1 aromatic carbocycles. The minimum Gasteiger partial charge on any atom is -0.487 e. The Hall–Kier alpha value is -1.61. The molecule has 0 saturated heterocycles. The van der Waals surface area contributed by atoms with Crippen molar-refractivity contribution in [1.29, 1.82) is 5.26 Å². The summed E-state index contributed by atoms with van der Waals surface area (Å²) in [5.74, 6) is 0.715. The van der Waals surface area contributed by atoms with Crippen LogP contribution in [-0.4, -0.2) is 16.9 Å². The molecule has 0 aliphatic rings. The summed E-state index contributed by atoms with van der Waals surface area (Å²) in [6.45, 7) is 2.54. The largest absolute Gasteiger partial charge is 0.487 e. The van der Waals surface area contributed by atoms with Gasteiger partial charge in [-0.05, 0) is 30.9 Å². The lowest BCUT2D eigenvalue weighted by Gasteiger charge is -2.11. The number of halogens is 1. The highest BCUT2D eigenvalue weighted by Gasteiger charge is 2.16. The molecular weight excluding hydrogens is 312 g/mol. The number of nitro benzene ring substituents is 1. The predicted octanol–water partition coefficient (Wildman–Crippen LogP) is 3.66. The second-order valence-electron chi connectivity index (χ2n) is 4.27. The van der Waals surface area contributed by atoms with E-state index in [1.165, 1.54) is 18.2 Å². The number of rotatable bonds is 7. The van der Waals surface area contributed by atoms with E-state index < -0.39 is 4.92 Å². The molecule has 0 aliphatic heterocycles. The Morgan fingerprint density at radius 3 is 2.84 bits per heavy atom. The van der Waals surface area contributed by atoms with E-state index in [1.54, 1.807) is 0 Å². The third-order valence-corrected chi connectivity index (χ3v) is 3.21. The standard InChI is InChI=1S/C13H15BrN2O3/c1-10(4-6-14)5-7-19-13-3-2-11(9-15)8-12(13)16(17)18/h2-3,8,10H,4-7H2,1H3. The first-order chi connectivity index (χ1) is 9.08. The normalized spacial score (nSPS) is 11.6. The van der Waals surface area contributed by atoms with Crippen molar-refractivity contribution in [2.45, 2.75) is 19.8 Å². The molecule has 0 bridgehead atoms. The number of nitrogens with zero attached hydrogens (tertiary/aromatic N) is 2. The lowest BCUT2D eigenvalue weighted by Crippen LogP contribution is -2.06. The summed E-state index contributed by atoms with van der Waals surface area (Å²) in [7, 11) is 0. The Labute approximate surface area is 120 Å². The van der Waals surface area contributed by atoms with Crippen molar-refractivity contribution in [1.82, 2.24) is 0 Å². The maximum Gasteiger partial charge on any atom is 0.312 e. The molecule has 0 aromatic heterocycles. The average molecular weight is 327 g/mol. The van der Waals surface area contributed by atoms with Crippen molar-refractivity contribution in [2.24, 2.45) is 5.92 Å². The number of nitriles is 1. The third kappa shape index (κ3) is 4.87. The molecule has 1 aromatic rings. The maximum absolute atomic E-state index is 10.9. The van der Waals surface area contributed by atoms with Gasteiger partial charge < -0.3 is 4.74 Å². The van der Waals surface area contributed by atoms with Gasteiger partial charge in [0.2, 0.25) is 0 Å². The van der Waals surface area contributed by atoms with Crippen LogP contribution >= 0.6 is 15.9 Å². The maximum atomic E-state index is 10.9. The van der Waals surface area contributed by atoms with E-state index in [0.29, 0.717) is 12.5 Å². The van der Waals surface area contributed by atoms with Gasteiger partial charge >= 0.3 is 5.69 Å². The second-order valence-corrected chi connectivity index (χ2v) is 5.06. The van der Waals surface area contributed by atoms with Crippen LogP contribution in [0.5, 0.6) is 5.75 Å². The summed E-state index contributed by atoms with van der Waals surface area (Å²) in [6.07, 6.45) is 1.88. The number of hydrogen-bond donors (Lipinski definition) is 0. The fraction of sp³-hybridized carbons (Fsp3) is 0.462. The Bertz CT molecular complexity index is 485. The zero-order valence-electron chi connectivity index (χ0n) is 10.6. The van der Waals surface area contributed by atoms with Gasteiger partial charge in [0.05, 0.1) is 23.2 Å². The van der Waals surface area contributed by atoms with Crippen LogP contribution in [0.2, 0.25) is 0 Å². The molecule has 0 aliphatic carbocycles. The van der Waals surface area contributed by atoms with Gasteiger partial charge in [-0.25, -0.2) is 0 Å². The minimum atomic E-state index is -0.530. The summed E-state index contributed by atoms with van der Waals surface area (Å²) in [5, 5.41) is 20.6. The Balaban J connectivity index is 2.68. The van der Waals surface area contributed by atoms with Gasteiger partial charge in [-0.2, -0.15) is 5.26 Å². The Morgan fingerprint density at radius 1 is 1.53 bits per heavy atom. The first-order valence-corrected chi connectivity index (χ1v) is 7.08. The number of hydrogen-bond acceptors (Lipinski definition) is 4. The smallest absolute Gasteiger partial charge is 0.312 e. The van der Waals surface area contributed by atoms with Gasteiger partial charge in [0.25, 0.3) is 0 Å². The second kappa shape index (κ2) is 7.74. The zero-order chi connectivity index (χ0) is 14.3.